The third kappa shape index (κ3) is 7.31. The SMILES string of the molecule is CN=C(NCCc1ccc(-n2cccn2)cc1)NCc1cccnc1OCc1ccccc1.I. The minimum absolute atomic E-state index is 0. The Hall–Kier alpha value is -3.40. The Balaban J connectivity index is 0.00000324. The minimum Gasteiger partial charge on any atom is -0.473 e. The van der Waals surface area contributed by atoms with E-state index in [-0.39, 0.29) is 24.0 Å². The quantitative estimate of drug-likeness (QED) is 0.178. The van der Waals surface area contributed by atoms with E-state index < -0.39 is 0 Å². The number of benzene rings is 2. The average molecular weight is 568 g/mol. The van der Waals surface area contributed by atoms with Crippen LogP contribution in [0.3, 0.4) is 0 Å². The summed E-state index contributed by atoms with van der Waals surface area (Å²) in [6.07, 6.45) is 6.35. The molecule has 0 aliphatic heterocycles. The highest BCUT2D eigenvalue weighted by atomic mass is 127. The van der Waals surface area contributed by atoms with Crippen LogP contribution in [0.4, 0.5) is 0 Å². The molecule has 0 radical (unpaired) electrons. The predicted octanol–water partition coefficient (Wildman–Crippen LogP) is 4.37. The maximum atomic E-state index is 5.95. The van der Waals surface area contributed by atoms with Crippen molar-refractivity contribution in [2.45, 2.75) is 19.6 Å². The van der Waals surface area contributed by atoms with E-state index in [0.29, 0.717) is 19.0 Å². The predicted molar refractivity (Wildman–Crippen MR) is 146 cm³/mol. The Morgan fingerprint density at radius 3 is 2.47 bits per heavy atom. The van der Waals surface area contributed by atoms with E-state index in [0.717, 1.165) is 35.7 Å². The first-order valence-corrected chi connectivity index (χ1v) is 11.0. The van der Waals surface area contributed by atoms with Gasteiger partial charge in [-0.05, 0) is 41.8 Å². The molecule has 0 bridgehead atoms. The van der Waals surface area contributed by atoms with Gasteiger partial charge in [0, 0.05) is 44.3 Å². The second-order valence-electron chi connectivity index (χ2n) is 7.46. The summed E-state index contributed by atoms with van der Waals surface area (Å²) in [5.74, 6) is 1.36. The van der Waals surface area contributed by atoms with Gasteiger partial charge in [0.05, 0.1) is 5.69 Å². The molecule has 2 heterocycles. The fourth-order valence-corrected chi connectivity index (χ4v) is 3.38. The lowest BCUT2D eigenvalue weighted by Crippen LogP contribution is -2.38. The van der Waals surface area contributed by atoms with E-state index >= 15 is 0 Å². The van der Waals surface area contributed by atoms with Gasteiger partial charge in [-0.25, -0.2) is 9.67 Å². The second kappa shape index (κ2) is 13.3. The molecule has 4 rings (SSSR count). The Morgan fingerprint density at radius 2 is 1.74 bits per heavy atom. The molecule has 176 valence electrons. The summed E-state index contributed by atoms with van der Waals surface area (Å²) in [6, 6.07) is 24.3. The molecule has 2 N–H and O–H groups in total. The fraction of sp³-hybridized carbons (Fsp3) is 0.192. The third-order valence-corrected chi connectivity index (χ3v) is 5.15. The topological polar surface area (TPSA) is 76.4 Å². The second-order valence-corrected chi connectivity index (χ2v) is 7.46. The van der Waals surface area contributed by atoms with Crippen molar-refractivity contribution in [2.75, 3.05) is 13.6 Å². The van der Waals surface area contributed by atoms with Crippen molar-refractivity contribution in [3.63, 3.8) is 0 Å². The monoisotopic (exact) mass is 568 g/mol. The molecule has 8 heteroatoms. The summed E-state index contributed by atoms with van der Waals surface area (Å²) in [5.41, 5.74) is 4.39. The Bertz CT molecular complexity index is 1150. The summed E-state index contributed by atoms with van der Waals surface area (Å²) < 4.78 is 7.80. The number of halogens is 1. The lowest BCUT2D eigenvalue weighted by Gasteiger charge is -2.14. The molecular weight excluding hydrogens is 539 g/mol. The van der Waals surface area contributed by atoms with Crippen LogP contribution in [0, 0.1) is 0 Å². The molecule has 0 aliphatic carbocycles. The number of rotatable bonds is 9. The summed E-state index contributed by atoms with van der Waals surface area (Å²) in [6.45, 7) is 1.82. The maximum absolute atomic E-state index is 5.95. The van der Waals surface area contributed by atoms with E-state index in [1.54, 1.807) is 19.4 Å². The zero-order chi connectivity index (χ0) is 22.7. The summed E-state index contributed by atoms with van der Waals surface area (Å²) >= 11 is 0. The van der Waals surface area contributed by atoms with E-state index in [1.165, 1.54) is 5.56 Å². The highest BCUT2D eigenvalue weighted by Gasteiger charge is 2.07. The first-order valence-electron chi connectivity index (χ1n) is 11.0. The van der Waals surface area contributed by atoms with Crippen LogP contribution < -0.4 is 15.4 Å². The molecule has 0 aliphatic rings. The summed E-state index contributed by atoms with van der Waals surface area (Å²) in [4.78, 5) is 8.72. The van der Waals surface area contributed by atoms with Gasteiger partial charge in [0.15, 0.2) is 5.96 Å². The molecule has 0 spiro atoms. The van der Waals surface area contributed by atoms with E-state index in [9.17, 15) is 0 Å². The number of hydrogen-bond donors (Lipinski definition) is 2. The molecule has 2 aromatic carbocycles. The van der Waals surface area contributed by atoms with Crippen molar-refractivity contribution in [1.82, 2.24) is 25.4 Å². The molecule has 4 aromatic rings. The van der Waals surface area contributed by atoms with Gasteiger partial charge in [0.25, 0.3) is 0 Å². The maximum Gasteiger partial charge on any atom is 0.218 e. The molecule has 0 saturated carbocycles. The lowest BCUT2D eigenvalue weighted by atomic mass is 10.1. The van der Waals surface area contributed by atoms with Crippen LogP contribution in [0.25, 0.3) is 5.69 Å². The van der Waals surface area contributed by atoms with Gasteiger partial charge in [0.2, 0.25) is 5.88 Å². The Kier molecular flexibility index (Phi) is 9.90. The number of nitrogens with zero attached hydrogens (tertiary/aromatic N) is 4. The average Bonchev–Trinajstić information content (AvgIpc) is 3.41. The third-order valence-electron chi connectivity index (χ3n) is 5.15. The number of hydrogen-bond acceptors (Lipinski definition) is 4. The number of aromatic nitrogens is 3. The van der Waals surface area contributed by atoms with Gasteiger partial charge in [0.1, 0.15) is 6.61 Å². The minimum atomic E-state index is 0. The van der Waals surface area contributed by atoms with Crippen LogP contribution in [-0.4, -0.2) is 34.3 Å². The highest BCUT2D eigenvalue weighted by Crippen LogP contribution is 2.16. The van der Waals surface area contributed by atoms with Crippen LogP contribution in [0.5, 0.6) is 5.88 Å². The van der Waals surface area contributed by atoms with Gasteiger partial charge in [-0.2, -0.15) is 5.10 Å². The molecule has 0 atom stereocenters. The van der Waals surface area contributed by atoms with Crippen molar-refractivity contribution in [1.29, 1.82) is 0 Å². The zero-order valence-electron chi connectivity index (χ0n) is 19.1. The number of pyridine rings is 1. The van der Waals surface area contributed by atoms with Gasteiger partial charge in [-0.15, -0.1) is 24.0 Å². The Morgan fingerprint density at radius 1 is 0.912 bits per heavy atom. The zero-order valence-corrected chi connectivity index (χ0v) is 21.4. The first-order chi connectivity index (χ1) is 16.3. The van der Waals surface area contributed by atoms with E-state index in [1.807, 2.05) is 59.4 Å². The normalized spacial score (nSPS) is 10.9. The van der Waals surface area contributed by atoms with E-state index in [4.69, 9.17) is 4.74 Å². The first kappa shape index (κ1) is 25.2. The largest absolute Gasteiger partial charge is 0.473 e. The molecule has 0 unspecified atom stereocenters. The van der Waals surface area contributed by atoms with Gasteiger partial charge >= 0.3 is 0 Å². The molecular formula is C26H29IN6O. The van der Waals surface area contributed by atoms with Crippen LogP contribution >= 0.6 is 24.0 Å². The number of guanidine groups is 1. The highest BCUT2D eigenvalue weighted by molar-refractivity contribution is 14.0. The summed E-state index contributed by atoms with van der Waals surface area (Å²) in [5, 5.41) is 11.0. The summed E-state index contributed by atoms with van der Waals surface area (Å²) in [7, 11) is 1.77. The van der Waals surface area contributed by atoms with Crippen LogP contribution in [0.15, 0.2) is 96.4 Å². The number of nitrogens with one attached hydrogen (secondary N) is 2. The van der Waals surface area contributed by atoms with E-state index in [2.05, 4.69) is 50.0 Å². The standard InChI is InChI=1S/C26H28N6O.HI/c1-27-26(29-17-14-21-10-12-24(13-11-21)32-18-6-16-31-32)30-19-23-9-5-15-28-25(23)33-20-22-7-3-2-4-8-22;/h2-13,15-16,18H,14,17,19-20H2,1H3,(H2,27,29,30);1H. The van der Waals surface area contributed by atoms with Crippen LogP contribution in [0.2, 0.25) is 0 Å². The van der Waals surface area contributed by atoms with Crippen molar-refractivity contribution >= 4 is 29.9 Å². The van der Waals surface area contributed by atoms with Crippen LogP contribution in [0.1, 0.15) is 16.7 Å². The Labute approximate surface area is 217 Å². The molecule has 0 amide bonds. The van der Waals surface area contributed by atoms with Crippen LogP contribution in [-0.2, 0) is 19.6 Å². The lowest BCUT2D eigenvalue weighted by molar-refractivity contribution is 0.290. The van der Waals surface area contributed by atoms with Gasteiger partial charge in [-0.1, -0.05) is 48.5 Å². The van der Waals surface area contributed by atoms with Crippen molar-refractivity contribution in [3.05, 3.63) is 108 Å². The molecule has 0 saturated heterocycles. The fourth-order valence-electron chi connectivity index (χ4n) is 3.38. The molecule has 2 aromatic heterocycles. The number of aliphatic imine (C=N–C) groups is 1. The van der Waals surface area contributed by atoms with Crippen molar-refractivity contribution in [3.8, 4) is 11.6 Å². The van der Waals surface area contributed by atoms with Crippen molar-refractivity contribution in [2.24, 2.45) is 4.99 Å². The molecule has 34 heavy (non-hydrogen) atoms. The number of ether oxygens (including phenoxy) is 1. The van der Waals surface area contributed by atoms with Gasteiger partial charge in [-0.3, -0.25) is 4.99 Å². The van der Waals surface area contributed by atoms with Crippen molar-refractivity contribution < 1.29 is 4.74 Å². The van der Waals surface area contributed by atoms with Gasteiger partial charge < -0.3 is 15.4 Å². The molecule has 7 nitrogen and oxygen atoms in total. The molecule has 0 fully saturated rings. The smallest absolute Gasteiger partial charge is 0.218 e.